The summed E-state index contributed by atoms with van der Waals surface area (Å²) >= 11 is 0. The lowest BCUT2D eigenvalue weighted by molar-refractivity contribution is -0.0942. The van der Waals surface area contributed by atoms with Crippen LogP contribution in [0.2, 0.25) is 0 Å². The van der Waals surface area contributed by atoms with E-state index in [1.54, 1.807) is 24.3 Å². The van der Waals surface area contributed by atoms with Crippen molar-refractivity contribution < 1.29 is 18.6 Å². The lowest BCUT2D eigenvalue weighted by Crippen LogP contribution is -2.51. The quantitative estimate of drug-likeness (QED) is 0.862. The van der Waals surface area contributed by atoms with Crippen LogP contribution in [-0.2, 0) is 4.74 Å². The monoisotopic (exact) mass is 373 g/mol. The lowest BCUT2D eigenvalue weighted by atomic mass is 9.87. The third-order valence-electron chi connectivity index (χ3n) is 6.24. The van der Waals surface area contributed by atoms with Crippen molar-refractivity contribution in [3.05, 3.63) is 71.3 Å². The molecule has 1 N–H and O–H groups in total. The Balaban J connectivity index is 1.64. The minimum atomic E-state index is -0.423. The molecule has 2 bridgehead atoms. The summed E-state index contributed by atoms with van der Waals surface area (Å²) in [5.74, 6) is -0.568. The Kier molecular flexibility index (Phi) is 5.26. The average molecular weight is 373 g/mol. The molecule has 2 aliphatic rings. The number of ether oxygens (including phenoxy) is 1. The molecule has 0 unspecified atom stereocenters. The molecule has 0 aliphatic carbocycles. The molecule has 3 nitrogen and oxygen atoms in total. The van der Waals surface area contributed by atoms with Crippen LogP contribution in [0.3, 0.4) is 0 Å². The van der Waals surface area contributed by atoms with E-state index in [4.69, 9.17) is 4.74 Å². The van der Waals surface area contributed by atoms with Gasteiger partial charge in [-0.3, -0.25) is 4.90 Å². The lowest BCUT2D eigenvalue weighted by Gasteiger charge is -2.43. The highest BCUT2D eigenvalue weighted by Crippen LogP contribution is 2.42. The van der Waals surface area contributed by atoms with Crippen molar-refractivity contribution in [2.45, 2.75) is 43.6 Å². The molecule has 0 amide bonds. The number of aliphatic hydroxyl groups excluding tert-OH is 1. The summed E-state index contributed by atoms with van der Waals surface area (Å²) in [6, 6.07) is 13.3. The van der Waals surface area contributed by atoms with Gasteiger partial charge in [0.2, 0.25) is 0 Å². The fourth-order valence-electron chi connectivity index (χ4n) is 4.73. The molecule has 4 rings (SSSR count). The Morgan fingerprint density at radius 2 is 1.56 bits per heavy atom. The smallest absolute Gasteiger partial charge is 0.123 e. The van der Waals surface area contributed by atoms with Crippen molar-refractivity contribution in [3.63, 3.8) is 0 Å². The third-order valence-corrected chi connectivity index (χ3v) is 6.24. The van der Waals surface area contributed by atoms with E-state index >= 15 is 0 Å². The maximum Gasteiger partial charge on any atom is 0.123 e. The molecule has 0 aromatic heterocycles. The topological polar surface area (TPSA) is 32.7 Å². The predicted molar refractivity (Wildman–Crippen MR) is 99.3 cm³/mol. The van der Waals surface area contributed by atoms with Crippen LogP contribution < -0.4 is 0 Å². The van der Waals surface area contributed by atoms with Crippen LogP contribution in [0.25, 0.3) is 0 Å². The Hall–Kier alpha value is -1.82. The van der Waals surface area contributed by atoms with Gasteiger partial charge in [0.05, 0.1) is 6.10 Å². The van der Waals surface area contributed by atoms with Gasteiger partial charge in [-0.1, -0.05) is 24.3 Å². The van der Waals surface area contributed by atoms with Gasteiger partial charge in [-0.15, -0.1) is 0 Å². The van der Waals surface area contributed by atoms with Gasteiger partial charge in [0, 0.05) is 24.6 Å². The van der Waals surface area contributed by atoms with E-state index in [-0.39, 0.29) is 30.3 Å². The first kappa shape index (κ1) is 18.5. The summed E-state index contributed by atoms with van der Waals surface area (Å²) in [6.45, 7) is 0.0753. The SMILES string of the molecule is CN1[C@H]2CC[C@@H]1[C@@H](CO)[C@H](OC(c1ccc(F)cc1)c1ccc(F)cc1)C2. The Bertz CT molecular complexity index is 719. The van der Waals surface area contributed by atoms with Gasteiger partial charge in [0.25, 0.3) is 0 Å². The largest absolute Gasteiger partial charge is 0.396 e. The Morgan fingerprint density at radius 3 is 2.07 bits per heavy atom. The van der Waals surface area contributed by atoms with E-state index in [1.807, 2.05) is 0 Å². The Morgan fingerprint density at radius 1 is 1.00 bits per heavy atom. The summed E-state index contributed by atoms with van der Waals surface area (Å²) in [7, 11) is 2.12. The Labute approximate surface area is 158 Å². The molecule has 0 radical (unpaired) electrons. The molecule has 2 fully saturated rings. The van der Waals surface area contributed by atoms with Crippen LogP contribution >= 0.6 is 0 Å². The van der Waals surface area contributed by atoms with Crippen LogP contribution in [0, 0.1) is 17.6 Å². The van der Waals surface area contributed by atoms with Gasteiger partial charge in [-0.05, 0) is 61.7 Å². The van der Waals surface area contributed by atoms with E-state index in [0.717, 1.165) is 30.4 Å². The molecule has 5 heteroatoms. The number of hydrogen-bond acceptors (Lipinski definition) is 3. The summed E-state index contributed by atoms with van der Waals surface area (Å²) in [5, 5.41) is 10.0. The molecule has 2 aromatic carbocycles. The van der Waals surface area contributed by atoms with E-state index < -0.39 is 6.10 Å². The maximum atomic E-state index is 13.4. The fourth-order valence-corrected chi connectivity index (χ4v) is 4.73. The highest BCUT2D eigenvalue weighted by molar-refractivity contribution is 5.30. The van der Waals surface area contributed by atoms with E-state index in [0.29, 0.717) is 12.1 Å². The number of hydrogen-bond donors (Lipinski definition) is 1. The predicted octanol–water partition coefficient (Wildman–Crippen LogP) is 3.91. The number of aliphatic hydroxyl groups is 1. The van der Waals surface area contributed by atoms with Gasteiger partial charge in [0.1, 0.15) is 17.7 Å². The van der Waals surface area contributed by atoms with Crippen molar-refractivity contribution in [1.82, 2.24) is 4.90 Å². The number of piperidine rings is 1. The van der Waals surface area contributed by atoms with Crippen molar-refractivity contribution in [3.8, 4) is 0 Å². The van der Waals surface area contributed by atoms with Crippen LogP contribution in [0.4, 0.5) is 8.78 Å². The van der Waals surface area contributed by atoms with Gasteiger partial charge in [-0.2, -0.15) is 0 Å². The highest BCUT2D eigenvalue weighted by atomic mass is 19.1. The first-order chi connectivity index (χ1) is 13.1. The van der Waals surface area contributed by atoms with Crippen LogP contribution in [-0.4, -0.2) is 41.8 Å². The molecule has 2 aliphatic heterocycles. The summed E-state index contributed by atoms with van der Waals surface area (Å²) in [6.07, 6.45) is 2.54. The minimum Gasteiger partial charge on any atom is -0.396 e. The average Bonchev–Trinajstić information content (AvgIpc) is 2.92. The van der Waals surface area contributed by atoms with Crippen LogP contribution in [0.5, 0.6) is 0 Å². The summed E-state index contributed by atoms with van der Waals surface area (Å²) < 4.78 is 33.4. The molecule has 144 valence electrons. The van der Waals surface area contributed by atoms with E-state index in [1.165, 1.54) is 24.3 Å². The third kappa shape index (κ3) is 3.64. The highest BCUT2D eigenvalue weighted by Gasteiger charge is 2.46. The van der Waals surface area contributed by atoms with E-state index in [9.17, 15) is 13.9 Å². The number of nitrogens with zero attached hydrogens (tertiary/aromatic N) is 1. The summed E-state index contributed by atoms with van der Waals surface area (Å²) in [4.78, 5) is 2.37. The van der Waals surface area contributed by atoms with Gasteiger partial charge in [0.15, 0.2) is 0 Å². The van der Waals surface area contributed by atoms with Crippen molar-refractivity contribution in [2.75, 3.05) is 13.7 Å². The molecule has 0 saturated carbocycles. The molecule has 2 aromatic rings. The van der Waals surface area contributed by atoms with Crippen LogP contribution in [0.1, 0.15) is 36.5 Å². The zero-order valence-electron chi connectivity index (χ0n) is 15.4. The standard InChI is InChI=1S/C22H25F2NO2/c1-25-18-10-11-20(25)19(13-26)21(12-18)27-22(14-2-6-16(23)7-3-14)15-4-8-17(24)9-5-15/h2-9,18-22,26H,10-13H2,1H3/t18-,19+,20+,21+/m0/s1. The molecule has 0 spiro atoms. The normalized spacial score (nSPS) is 28.0. The molecular weight excluding hydrogens is 348 g/mol. The molecule has 4 atom stereocenters. The second-order valence-corrected chi connectivity index (χ2v) is 7.70. The second-order valence-electron chi connectivity index (χ2n) is 7.70. The van der Waals surface area contributed by atoms with E-state index in [2.05, 4.69) is 11.9 Å². The van der Waals surface area contributed by atoms with Crippen molar-refractivity contribution >= 4 is 0 Å². The first-order valence-corrected chi connectivity index (χ1v) is 9.56. The summed E-state index contributed by atoms with van der Waals surface area (Å²) in [5.41, 5.74) is 1.65. The van der Waals surface area contributed by atoms with Gasteiger partial charge in [-0.25, -0.2) is 8.78 Å². The number of halogens is 2. The first-order valence-electron chi connectivity index (χ1n) is 9.56. The number of fused-ring (bicyclic) bond motifs is 2. The molecular formula is C22H25F2NO2. The maximum absolute atomic E-state index is 13.4. The minimum absolute atomic E-state index is 0.0390. The number of rotatable bonds is 5. The molecule has 2 saturated heterocycles. The molecule has 27 heavy (non-hydrogen) atoms. The van der Waals surface area contributed by atoms with Gasteiger partial charge >= 0.3 is 0 Å². The van der Waals surface area contributed by atoms with Gasteiger partial charge < -0.3 is 9.84 Å². The zero-order valence-corrected chi connectivity index (χ0v) is 15.4. The second kappa shape index (κ2) is 7.66. The number of benzene rings is 2. The van der Waals surface area contributed by atoms with Crippen LogP contribution in [0.15, 0.2) is 48.5 Å². The zero-order chi connectivity index (χ0) is 19.0. The van der Waals surface area contributed by atoms with Crippen molar-refractivity contribution in [2.24, 2.45) is 5.92 Å². The molecule has 2 heterocycles. The fraction of sp³-hybridized carbons (Fsp3) is 0.455. The van der Waals surface area contributed by atoms with Crippen molar-refractivity contribution in [1.29, 1.82) is 0 Å².